The number of amides is 1. The molecular weight excluding hydrogens is 257 g/mol. The molecule has 1 aliphatic carbocycles. The Kier molecular flexibility index (Phi) is 3.37. The van der Waals surface area contributed by atoms with Crippen molar-refractivity contribution in [3.05, 3.63) is 35.4 Å². The Morgan fingerprint density at radius 1 is 1.47 bits per heavy atom. The van der Waals surface area contributed by atoms with Crippen LogP contribution in [0, 0.1) is 12.8 Å². The van der Waals surface area contributed by atoms with Crippen molar-refractivity contribution in [1.29, 1.82) is 0 Å². The molecule has 1 N–H and O–H groups in total. The number of carbonyl (C=O) groups is 1. The lowest BCUT2D eigenvalue weighted by molar-refractivity contribution is -0.123. The third-order valence-corrected chi connectivity index (χ3v) is 3.99. The molecule has 0 spiro atoms. The SMILES string of the molecule is Cc1ccccc1C(C)NC(=O)C1CC1(Cl)Cl. The summed E-state index contributed by atoms with van der Waals surface area (Å²) in [5.41, 5.74) is 2.29. The third kappa shape index (κ3) is 2.75. The molecule has 2 unspecified atom stereocenters. The second-order valence-electron chi connectivity index (χ2n) is 4.60. The van der Waals surface area contributed by atoms with Gasteiger partial charge in [0.1, 0.15) is 4.33 Å². The van der Waals surface area contributed by atoms with Gasteiger partial charge in [-0.15, -0.1) is 23.2 Å². The highest BCUT2D eigenvalue weighted by molar-refractivity contribution is 6.52. The first kappa shape index (κ1) is 12.7. The first-order valence-electron chi connectivity index (χ1n) is 5.65. The largest absolute Gasteiger partial charge is 0.349 e. The molecule has 1 aromatic carbocycles. The van der Waals surface area contributed by atoms with E-state index >= 15 is 0 Å². The zero-order valence-corrected chi connectivity index (χ0v) is 11.3. The maximum atomic E-state index is 11.8. The van der Waals surface area contributed by atoms with Gasteiger partial charge in [-0.25, -0.2) is 0 Å². The average Bonchev–Trinajstić information content (AvgIpc) is 2.88. The lowest BCUT2D eigenvalue weighted by atomic mass is 10.0. The van der Waals surface area contributed by atoms with Gasteiger partial charge < -0.3 is 5.32 Å². The minimum Gasteiger partial charge on any atom is -0.349 e. The van der Waals surface area contributed by atoms with E-state index in [9.17, 15) is 4.79 Å². The average molecular weight is 272 g/mol. The topological polar surface area (TPSA) is 29.1 Å². The third-order valence-electron chi connectivity index (χ3n) is 3.16. The van der Waals surface area contributed by atoms with Gasteiger partial charge in [0.05, 0.1) is 12.0 Å². The Morgan fingerprint density at radius 3 is 2.59 bits per heavy atom. The van der Waals surface area contributed by atoms with Crippen LogP contribution in [0.2, 0.25) is 0 Å². The van der Waals surface area contributed by atoms with E-state index in [1.165, 1.54) is 5.56 Å². The van der Waals surface area contributed by atoms with Crippen LogP contribution in [0.3, 0.4) is 0 Å². The normalized spacial score (nSPS) is 22.9. The van der Waals surface area contributed by atoms with Gasteiger partial charge in [0, 0.05) is 0 Å². The van der Waals surface area contributed by atoms with Crippen molar-refractivity contribution in [2.75, 3.05) is 0 Å². The smallest absolute Gasteiger partial charge is 0.226 e. The van der Waals surface area contributed by atoms with Crippen molar-refractivity contribution < 1.29 is 4.79 Å². The summed E-state index contributed by atoms with van der Waals surface area (Å²) >= 11 is 11.7. The molecule has 0 radical (unpaired) electrons. The van der Waals surface area contributed by atoms with E-state index in [1.54, 1.807) is 0 Å². The minimum atomic E-state index is -0.852. The van der Waals surface area contributed by atoms with Gasteiger partial charge in [-0.2, -0.15) is 0 Å². The molecule has 4 heteroatoms. The van der Waals surface area contributed by atoms with Crippen LogP contribution in [0.5, 0.6) is 0 Å². The second kappa shape index (κ2) is 4.51. The van der Waals surface area contributed by atoms with E-state index in [0.717, 1.165) is 5.56 Å². The summed E-state index contributed by atoms with van der Waals surface area (Å²) in [7, 11) is 0. The van der Waals surface area contributed by atoms with Gasteiger partial charge >= 0.3 is 0 Å². The molecule has 2 nitrogen and oxygen atoms in total. The molecule has 0 aromatic heterocycles. The van der Waals surface area contributed by atoms with Crippen molar-refractivity contribution in [1.82, 2.24) is 5.32 Å². The standard InChI is InChI=1S/C13H15Cl2NO/c1-8-5-3-4-6-10(8)9(2)16-12(17)11-7-13(11,14)15/h3-6,9,11H,7H2,1-2H3,(H,16,17). The highest BCUT2D eigenvalue weighted by atomic mass is 35.5. The van der Waals surface area contributed by atoms with Crippen molar-refractivity contribution in [2.24, 2.45) is 5.92 Å². The molecule has 1 aliphatic rings. The van der Waals surface area contributed by atoms with Crippen LogP contribution in [0.15, 0.2) is 24.3 Å². The zero-order valence-electron chi connectivity index (χ0n) is 9.84. The van der Waals surface area contributed by atoms with Crippen molar-refractivity contribution in [3.8, 4) is 0 Å². The summed E-state index contributed by atoms with van der Waals surface area (Å²) < 4.78 is -0.852. The van der Waals surface area contributed by atoms with Gasteiger partial charge in [-0.1, -0.05) is 24.3 Å². The number of halogens is 2. The number of rotatable bonds is 3. The maximum Gasteiger partial charge on any atom is 0.226 e. The molecule has 2 atom stereocenters. The van der Waals surface area contributed by atoms with Crippen LogP contribution in [0.4, 0.5) is 0 Å². The molecule has 0 bridgehead atoms. The summed E-state index contributed by atoms with van der Waals surface area (Å²) in [6.07, 6.45) is 0.544. The van der Waals surface area contributed by atoms with Gasteiger partial charge in [0.15, 0.2) is 0 Å². The summed E-state index contributed by atoms with van der Waals surface area (Å²) in [4.78, 5) is 11.8. The van der Waals surface area contributed by atoms with Gasteiger partial charge in [-0.3, -0.25) is 4.79 Å². The quantitative estimate of drug-likeness (QED) is 0.840. The van der Waals surface area contributed by atoms with Gasteiger partial charge in [-0.05, 0) is 31.4 Å². The molecule has 0 saturated heterocycles. The van der Waals surface area contributed by atoms with Crippen LogP contribution < -0.4 is 5.32 Å². The molecule has 1 amide bonds. The zero-order chi connectivity index (χ0) is 12.6. The summed E-state index contributed by atoms with van der Waals surface area (Å²) in [6, 6.07) is 7.98. The lowest BCUT2D eigenvalue weighted by Gasteiger charge is -2.16. The number of benzene rings is 1. The monoisotopic (exact) mass is 271 g/mol. The van der Waals surface area contributed by atoms with E-state index in [-0.39, 0.29) is 17.9 Å². The van der Waals surface area contributed by atoms with Crippen molar-refractivity contribution in [3.63, 3.8) is 0 Å². The molecule has 1 fully saturated rings. The predicted octanol–water partition coefficient (Wildman–Crippen LogP) is 3.37. The predicted molar refractivity (Wildman–Crippen MR) is 70.3 cm³/mol. The second-order valence-corrected chi connectivity index (χ2v) is 6.15. The van der Waals surface area contributed by atoms with Gasteiger partial charge in [0.25, 0.3) is 0 Å². The molecule has 0 aliphatic heterocycles. The van der Waals surface area contributed by atoms with Gasteiger partial charge in [0.2, 0.25) is 5.91 Å². The van der Waals surface area contributed by atoms with Crippen LogP contribution >= 0.6 is 23.2 Å². The molecule has 17 heavy (non-hydrogen) atoms. The van der Waals surface area contributed by atoms with E-state index in [2.05, 4.69) is 5.32 Å². The Labute approximate surface area is 111 Å². The molecular formula is C13H15Cl2NO. The molecule has 1 saturated carbocycles. The number of carbonyl (C=O) groups excluding carboxylic acids is 1. The van der Waals surface area contributed by atoms with Crippen molar-refractivity contribution in [2.45, 2.75) is 30.6 Å². The summed E-state index contributed by atoms with van der Waals surface area (Å²) in [5.74, 6) is -0.331. The fraction of sp³-hybridized carbons (Fsp3) is 0.462. The number of nitrogens with one attached hydrogen (secondary N) is 1. The van der Waals surface area contributed by atoms with E-state index < -0.39 is 4.33 Å². The first-order valence-corrected chi connectivity index (χ1v) is 6.41. The van der Waals surface area contributed by atoms with Crippen LogP contribution in [0.1, 0.15) is 30.5 Å². The van der Waals surface area contributed by atoms with E-state index in [0.29, 0.717) is 6.42 Å². The summed E-state index contributed by atoms with van der Waals surface area (Å²) in [6.45, 7) is 4.00. The molecule has 0 heterocycles. The summed E-state index contributed by atoms with van der Waals surface area (Å²) in [5, 5.41) is 2.95. The molecule has 92 valence electrons. The van der Waals surface area contributed by atoms with E-state index in [4.69, 9.17) is 23.2 Å². The lowest BCUT2D eigenvalue weighted by Crippen LogP contribution is -2.29. The first-order chi connectivity index (χ1) is 7.92. The number of hydrogen-bond acceptors (Lipinski definition) is 1. The molecule has 1 aromatic rings. The van der Waals surface area contributed by atoms with Crippen LogP contribution in [0.25, 0.3) is 0 Å². The fourth-order valence-corrected chi connectivity index (χ4v) is 2.47. The Balaban J connectivity index is 2.01. The van der Waals surface area contributed by atoms with Crippen LogP contribution in [-0.4, -0.2) is 10.2 Å². The fourth-order valence-electron chi connectivity index (χ4n) is 1.96. The Bertz CT molecular complexity index is 445. The Hall–Kier alpha value is -0.730. The number of alkyl halides is 2. The minimum absolute atomic E-state index is 0.0200. The number of hydrogen-bond donors (Lipinski definition) is 1. The number of aryl methyl sites for hydroxylation is 1. The highest BCUT2D eigenvalue weighted by Crippen LogP contribution is 2.53. The Morgan fingerprint density at radius 2 is 2.06 bits per heavy atom. The van der Waals surface area contributed by atoms with Crippen molar-refractivity contribution >= 4 is 29.1 Å². The van der Waals surface area contributed by atoms with Crippen LogP contribution in [-0.2, 0) is 4.79 Å². The van der Waals surface area contributed by atoms with E-state index in [1.807, 2.05) is 38.1 Å². The molecule has 2 rings (SSSR count). The highest BCUT2D eigenvalue weighted by Gasteiger charge is 2.56. The maximum absolute atomic E-state index is 11.8.